The number of hydrogen-bond donors (Lipinski definition) is 1. The molecule has 0 heterocycles. The fraction of sp³-hybridized carbons (Fsp3) is 0.500. The summed E-state index contributed by atoms with van der Waals surface area (Å²) in [5.41, 5.74) is 0.224. The quantitative estimate of drug-likeness (QED) is 0.134. The Morgan fingerprint density at radius 3 is 1.90 bits per heavy atom. The van der Waals surface area contributed by atoms with Crippen LogP contribution in [-0.2, 0) is 33.3 Å². The molecule has 112 valence electrons. The predicted molar refractivity (Wildman–Crippen MR) is 67.0 cm³/mol. The summed E-state index contributed by atoms with van der Waals surface area (Å²) in [6, 6.07) is 0. The van der Waals surface area contributed by atoms with Gasteiger partial charge in [0.05, 0.1) is 14.2 Å². The van der Waals surface area contributed by atoms with Gasteiger partial charge in [-0.2, -0.15) is 0 Å². The van der Waals surface area contributed by atoms with Gasteiger partial charge >= 0.3 is 17.9 Å². The highest BCUT2D eigenvalue weighted by atomic mass is 16.6. The third-order valence-electron chi connectivity index (χ3n) is 2.06. The first-order valence-corrected chi connectivity index (χ1v) is 5.54. The molecule has 0 atom stereocenters. The van der Waals surface area contributed by atoms with Gasteiger partial charge in [0, 0.05) is 5.57 Å². The summed E-state index contributed by atoms with van der Waals surface area (Å²) in [4.78, 5) is 33.7. The van der Waals surface area contributed by atoms with Gasteiger partial charge in [0.25, 0.3) is 0 Å². The van der Waals surface area contributed by atoms with E-state index < -0.39 is 29.7 Å². The molecule has 0 aromatic rings. The third-order valence-corrected chi connectivity index (χ3v) is 2.06. The fourth-order valence-electron chi connectivity index (χ4n) is 1.04. The van der Waals surface area contributed by atoms with Crippen LogP contribution in [0.3, 0.4) is 0 Å². The van der Waals surface area contributed by atoms with E-state index >= 15 is 0 Å². The minimum Gasteiger partial charge on any atom is -0.476 e. The average Bonchev–Trinajstić information content (AvgIpc) is 2.42. The molecule has 0 unspecified atom stereocenters. The normalized spacial score (nSPS) is 9.60. The minimum atomic E-state index is -1.60. The summed E-state index contributed by atoms with van der Waals surface area (Å²) in [6.07, 6.45) is 0. The Morgan fingerprint density at radius 1 is 1.05 bits per heavy atom. The molecule has 0 fully saturated rings. The lowest BCUT2D eigenvalue weighted by molar-refractivity contribution is -0.156. The maximum absolute atomic E-state index is 11.3. The summed E-state index contributed by atoms with van der Waals surface area (Å²) in [5.74, 6) is -4.78. The fourth-order valence-corrected chi connectivity index (χ4v) is 1.04. The van der Waals surface area contributed by atoms with Crippen molar-refractivity contribution >= 4 is 23.8 Å². The average molecular weight is 287 g/mol. The Kier molecular flexibility index (Phi) is 7.64. The monoisotopic (exact) mass is 287 g/mol. The van der Waals surface area contributed by atoms with Crippen LogP contribution in [-0.4, -0.2) is 51.2 Å². The van der Waals surface area contributed by atoms with E-state index in [9.17, 15) is 14.4 Å². The molecule has 20 heavy (non-hydrogen) atoms. The van der Waals surface area contributed by atoms with Gasteiger partial charge in [0.2, 0.25) is 11.8 Å². The van der Waals surface area contributed by atoms with Crippen molar-refractivity contribution < 1.29 is 33.3 Å². The number of carbonyl (C=O) groups is 3. The lowest BCUT2D eigenvalue weighted by atomic mass is 10.1. The molecule has 8 nitrogen and oxygen atoms in total. The van der Waals surface area contributed by atoms with Crippen LogP contribution < -0.4 is 0 Å². The minimum absolute atomic E-state index is 0.150. The second-order valence-electron chi connectivity index (χ2n) is 3.61. The van der Waals surface area contributed by atoms with E-state index in [0.717, 1.165) is 14.2 Å². The number of methoxy groups -OCH3 is 2. The van der Waals surface area contributed by atoms with E-state index in [-0.39, 0.29) is 18.8 Å². The predicted octanol–water partition coefficient (Wildman–Crippen LogP) is 0.0618. The van der Waals surface area contributed by atoms with Crippen LogP contribution in [0.15, 0.2) is 12.2 Å². The Hall–Kier alpha value is -2.38. The molecule has 0 aromatic heterocycles. The highest BCUT2D eigenvalue weighted by molar-refractivity contribution is 6.13. The van der Waals surface area contributed by atoms with E-state index in [2.05, 4.69) is 16.1 Å². The highest BCUT2D eigenvalue weighted by Gasteiger charge is 2.34. The maximum Gasteiger partial charge on any atom is 0.333 e. The van der Waals surface area contributed by atoms with E-state index in [1.807, 2.05) is 0 Å². The molecule has 0 saturated carbocycles. The number of esters is 3. The Bertz CT molecular complexity index is 400. The van der Waals surface area contributed by atoms with Crippen LogP contribution >= 0.6 is 0 Å². The van der Waals surface area contributed by atoms with Gasteiger partial charge < -0.3 is 18.9 Å². The summed E-state index contributed by atoms with van der Waals surface area (Å²) >= 11 is 0. The van der Waals surface area contributed by atoms with Crippen LogP contribution in [0, 0.1) is 11.3 Å². The molecule has 0 amide bonds. The summed E-state index contributed by atoms with van der Waals surface area (Å²) < 4.78 is 18.3. The van der Waals surface area contributed by atoms with Crippen LogP contribution in [0.1, 0.15) is 6.92 Å². The molecular formula is C12H17NO7. The van der Waals surface area contributed by atoms with Gasteiger partial charge in [-0.25, -0.2) is 4.79 Å². The van der Waals surface area contributed by atoms with Crippen LogP contribution in [0.4, 0.5) is 0 Å². The zero-order chi connectivity index (χ0) is 15.7. The first-order chi connectivity index (χ1) is 9.34. The molecule has 0 aliphatic heterocycles. The van der Waals surface area contributed by atoms with Crippen molar-refractivity contribution in [2.75, 3.05) is 27.4 Å². The number of carbonyl (C=O) groups excluding carboxylic acids is 3. The van der Waals surface area contributed by atoms with E-state index in [0.29, 0.717) is 0 Å². The second kappa shape index (κ2) is 8.68. The molecule has 0 bridgehead atoms. The highest BCUT2D eigenvalue weighted by Crippen LogP contribution is 2.06. The van der Waals surface area contributed by atoms with E-state index in [1.54, 1.807) is 0 Å². The molecule has 0 spiro atoms. The zero-order valence-corrected chi connectivity index (χ0v) is 11.6. The lowest BCUT2D eigenvalue weighted by Crippen LogP contribution is -2.35. The van der Waals surface area contributed by atoms with Crippen LogP contribution in [0.5, 0.6) is 0 Å². The van der Waals surface area contributed by atoms with Gasteiger partial charge in [0.15, 0.2) is 0 Å². The molecule has 8 heteroatoms. The largest absolute Gasteiger partial charge is 0.476 e. The zero-order valence-electron chi connectivity index (χ0n) is 11.6. The Morgan fingerprint density at radius 2 is 1.50 bits per heavy atom. The second-order valence-corrected chi connectivity index (χ2v) is 3.61. The van der Waals surface area contributed by atoms with E-state index in [1.165, 1.54) is 6.92 Å². The first kappa shape index (κ1) is 17.6. The van der Waals surface area contributed by atoms with Gasteiger partial charge in [-0.05, 0) is 6.92 Å². The van der Waals surface area contributed by atoms with Crippen molar-refractivity contribution in [1.82, 2.24) is 0 Å². The van der Waals surface area contributed by atoms with Gasteiger partial charge in [-0.1, -0.05) is 6.58 Å². The lowest BCUT2D eigenvalue weighted by Gasteiger charge is -2.14. The molecular weight excluding hydrogens is 270 g/mol. The number of ether oxygens (including phenoxy) is 4. The van der Waals surface area contributed by atoms with Crippen molar-refractivity contribution in [3.63, 3.8) is 0 Å². The van der Waals surface area contributed by atoms with Crippen molar-refractivity contribution in [3.8, 4) is 0 Å². The first-order valence-electron chi connectivity index (χ1n) is 5.54. The standard InChI is InChI=1S/C12H17NO7/c1-7(2)10(14)20-6-5-19-9(13)8(11(15)17-3)12(16)18-4/h8,13H,1,5-6H2,2-4H3. The third kappa shape index (κ3) is 5.51. The van der Waals surface area contributed by atoms with Crippen molar-refractivity contribution in [1.29, 1.82) is 5.41 Å². The van der Waals surface area contributed by atoms with Gasteiger partial charge in [0.1, 0.15) is 13.2 Å². The van der Waals surface area contributed by atoms with Gasteiger partial charge in [-0.3, -0.25) is 15.0 Å². The maximum atomic E-state index is 11.3. The number of hydrogen-bond acceptors (Lipinski definition) is 8. The summed E-state index contributed by atoms with van der Waals surface area (Å²) in [7, 11) is 2.14. The van der Waals surface area contributed by atoms with E-state index in [4.69, 9.17) is 14.9 Å². The van der Waals surface area contributed by atoms with Crippen molar-refractivity contribution in [2.24, 2.45) is 5.92 Å². The molecule has 0 saturated heterocycles. The number of rotatable bonds is 7. The molecule has 0 aromatic carbocycles. The smallest absolute Gasteiger partial charge is 0.333 e. The van der Waals surface area contributed by atoms with Crippen LogP contribution in [0.2, 0.25) is 0 Å². The number of nitrogens with one attached hydrogen (secondary N) is 1. The molecule has 0 rings (SSSR count). The Labute approximate surface area is 116 Å². The van der Waals surface area contributed by atoms with Gasteiger partial charge in [-0.15, -0.1) is 0 Å². The SMILES string of the molecule is C=C(C)C(=O)OCCOC(=N)C(C(=O)OC)C(=O)OC. The topological polar surface area (TPSA) is 112 Å². The van der Waals surface area contributed by atoms with Crippen molar-refractivity contribution in [2.45, 2.75) is 6.92 Å². The summed E-state index contributed by atoms with van der Waals surface area (Å²) in [6.45, 7) is 4.53. The molecule has 0 aliphatic rings. The van der Waals surface area contributed by atoms with Crippen LogP contribution in [0.25, 0.3) is 0 Å². The van der Waals surface area contributed by atoms with Crippen molar-refractivity contribution in [3.05, 3.63) is 12.2 Å². The molecule has 0 aliphatic carbocycles. The molecule has 0 radical (unpaired) electrons. The summed E-state index contributed by atoms with van der Waals surface area (Å²) in [5, 5.41) is 7.50. The molecule has 1 N–H and O–H groups in total. The Balaban J connectivity index is 4.35.